The van der Waals surface area contributed by atoms with Crippen LogP contribution in [0.2, 0.25) is 0 Å². The van der Waals surface area contributed by atoms with Crippen molar-refractivity contribution in [3.8, 4) is 0 Å². The monoisotopic (exact) mass is 181 g/mol. The van der Waals surface area contributed by atoms with E-state index in [4.69, 9.17) is 5.73 Å². The van der Waals surface area contributed by atoms with Crippen LogP contribution in [0.25, 0.3) is 0 Å². The molecule has 0 saturated heterocycles. The van der Waals surface area contributed by atoms with Gasteiger partial charge < -0.3 is 11.1 Å². The molecule has 3 N–H and O–H groups in total. The van der Waals surface area contributed by atoms with Crippen molar-refractivity contribution in [1.29, 1.82) is 0 Å². The van der Waals surface area contributed by atoms with Crippen LogP contribution in [0.3, 0.4) is 0 Å². The Kier molecular flexibility index (Phi) is 5.07. The summed E-state index contributed by atoms with van der Waals surface area (Å²) in [6, 6.07) is 2.10. The molecule has 0 aromatic carbocycles. The van der Waals surface area contributed by atoms with Gasteiger partial charge in [-0.1, -0.05) is 14.4 Å². The van der Waals surface area contributed by atoms with Crippen molar-refractivity contribution in [3.05, 3.63) is 23.4 Å². The van der Waals surface area contributed by atoms with Crippen molar-refractivity contribution < 1.29 is 0 Å². The van der Waals surface area contributed by atoms with Crippen LogP contribution >= 0.6 is 0 Å². The van der Waals surface area contributed by atoms with Gasteiger partial charge in [-0.3, -0.25) is 0 Å². The minimum absolute atomic E-state index is 0. The second kappa shape index (κ2) is 5.54. The summed E-state index contributed by atoms with van der Waals surface area (Å²) in [4.78, 5) is 4.25. The number of aryl methyl sites for hydroxylation is 1. The summed E-state index contributed by atoms with van der Waals surface area (Å²) >= 11 is 0. The van der Waals surface area contributed by atoms with E-state index in [0.29, 0.717) is 6.54 Å². The largest absolute Gasteiger partial charge is 0.373 e. The zero-order valence-corrected chi connectivity index (χ0v) is 7.59. The number of aromatic nitrogens is 1. The summed E-state index contributed by atoms with van der Waals surface area (Å²) in [6.07, 6.45) is 2.79. The SMILES string of the molecule is C.CCc1cc(CN)cnc1NC. The number of hydrogen-bond donors (Lipinski definition) is 2. The number of hydrogen-bond acceptors (Lipinski definition) is 3. The molecule has 1 aromatic heterocycles. The molecule has 0 fully saturated rings. The first-order valence-electron chi connectivity index (χ1n) is 4.17. The number of nitrogens with one attached hydrogen (secondary N) is 1. The summed E-state index contributed by atoms with van der Waals surface area (Å²) in [5.41, 5.74) is 7.82. The lowest BCUT2D eigenvalue weighted by Gasteiger charge is -2.06. The average Bonchev–Trinajstić information content (AvgIpc) is 2.16. The minimum Gasteiger partial charge on any atom is -0.373 e. The van der Waals surface area contributed by atoms with Gasteiger partial charge in [-0.15, -0.1) is 0 Å². The highest BCUT2D eigenvalue weighted by molar-refractivity contribution is 5.44. The van der Waals surface area contributed by atoms with Crippen molar-refractivity contribution in [3.63, 3.8) is 0 Å². The maximum atomic E-state index is 5.50. The molecule has 0 atom stereocenters. The van der Waals surface area contributed by atoms with E-state index in [0.717, 1.165) is 17.8 Å². The predicted molar refractivity (Wildman–Crippen MR) is 57.8 cm³/mol. The Morgan fingerprint density at radius 1 is 1.54 bits per heavy atom. The molecule has 0 aliphatic heterocycles. The maximum Gasteiger partial charge on any atom is 0.128 e. The minimum atomic E-state index is 0. The van der Waals surface area contributed by atoms with Crippen molar-refractivity contribution in [1.82, 2.24) is 4.98 Å². The molecule has 1 aromatic rings. The summed E-state index contributed by atoms with van der Waals surface area (Å²) < 4.78 is 0. The normalized spacial score (nSPS) is 9.15. The zero-order chi connectivity index (χ0) is 8.97. The second-order valence-electron chi connectivity index (χ2n) is 2.66. The molecular formula is C10H19N3. The van der Waals surface area contributed by atoms with Gasteiger partial charge in [-0.05, 0) is 23.6 Å². The highest BCUT2D eigenvalue weighted by Gasteiger charge is 2.00. The Morgan fingerprint density at radius 2 is 2.23 bits per heavy atom. The summed E-state index contributed by atoms with van der Waals surface area (Å²) in [5.74, 6) is 0.953. The fourth-order valence-electron chi connectivity index (χ4n) is 1.17. The van der Waals surface area contributed by atoms with Crippen LogP contribution < -0.4 is 11.1 Å². The fourth-order valence-corrected chi connectivity index (χ4v) is 1.17. The predicted octanol–water partition coefficient (Wildman–Crippen LogP) is 1.78. The molecule has 0 saturated carbocycles. The molecule has 0 radical (unpaired) electrons. The Bertz CT molecular complexity index is 258. The van der Waals surface area contributed by atoms with E-state index in [1.807, 2.05) is 13.2 Å². The molecule has 0 unspecified atom stereocenters. The first-order chi connectivity index (χ1) is 5.81. The maximum absolute atomic E-state index is 5.50. The van der Waals surface area contributed by atoms with Crippen LogP contribution in [-0.2, 0) is 13.0 Å². The van der Waals surface area contributed by atoms with Crippen molar-refractivity contribution in [2.24, 2.45) is 5.73 Å². The molecule has 0 bridgehead atoms. The van der Waals surface area contributed by atoms with Gasteiger partial charge in [0.15, 0.2) is 0 Å². The number of nitrogens with zero attached hydrogens (tertiary/aromatic N) is 1. The van der Waals surface area contributed by atoms with Gasteiger partial charge in [-0.2, -0.15) is 0 Å². The third-order valence-corrected chi connectivity index (χ3v) is 1.88. The molecule has 0 spiro atoms. The van der Waals surface area contributed by atoms with Gasteiger partial charge in [-0.25, -0.2) is 4.98 Å². The number of anilines is 1. The molecule has 74 valence electrons. The van der Waals surface area contributed by atoms with Crippen molar-refractivity contribution in [2.75, 3.05) is 12.4 Å². The summed E-state index contributed by atoms with van der Waals surface area (Å²) in [6.45, 7) is 2.67. The molecule has 0 amide bonds. The number of pyridine rings is 1. The quantitative estimate of drug-likeness (QED) is 0.747. The lowest BCUT2D eigenvalue weighted by molar-refractivity contribution is 1.01. The van der Waals surface area contributed by atoms with Crippen LogP contribution in [0, 0.1) is 0 Å². The van der Waals surface area contributed by atoms with Crippen LogP contribution in [0.1, 0.15) is 25.5 Å². The lowest BCUT2D eigenvalue weighted by atomic mass is 10.1. The van der Waals surface area contributed by atoms with Gasteiger partial charge in [0.05, 0.1) is 0 Å². The number of nitrogens with two attached hydrogens (primary N) is 1. The third kappa shape index (κ3) is 2.70. The van der Waals surface area contributed by atoms with Gasteiger partial charge in [0.2, 0.25) is 0 Å². The molecule has 0 aliphatic rings. The Labute approximate surface area is 80.4 Å². The van der Waals surface area contributed by atoms with Crippen LogP contribution in [0.15, 0.2) is 12.3 Å². The standard InChI is InChI=1S/C9H15N3.CH4/c1-3-8-4-7(5-10)6-12-9(8)11-2;/h4,6H,3,5,10H2,1-2H3,(H,11,12);1H4. The smallest absolute Gasteiger partial charge is 0.128 e. The Morgan fingerprint density at radius 3 is 2.69 bits per heavy atom. The van der Waals surface area contributed by atoms with E-state index < -0.39 is 0 Å². The molecule has 1 heterocycles. The van der Waals surface area contributed by atoms with Crippen LogP contribution in [0.4, 0.5) is 5.82 Å². The van der Waals surface area contributed by atoms with Crippen LogP contribution in [0.5, 0.6) is 0 Å². The van der Waals surface area contributed by atoms with Gasteiger partial charge in [0.1, 0.15) is 5.82 Å². The highest BCUT2D eigenvalue weighted by atomic mass is 15.0. The zero-order valence-electron chi connectivity index (χ0n) is 7.59. The Balaban J connectivity index is 0.00000144. The third-order valence-electron chi connectivity index (χ3n) is 1.88. The highest BCUT2D eigenvalue weighted by Crippen LogP contribution is 2.13. The molecule has 3 nitrogen and oxygen atoms in total. The summed E-state index contributed by atoms with van der Waals surface area (Å²) in [5, 5.41) is 3.05. The average molecular weight is 181 g/mol. The molecule has 3 heteroatoms. The topological polar surface area (TPSA) is 50.9 Å². The fraction of sp³-hybridized carbons (Fsp3) is 0.500. The summed E-state index contributed by atoms with van der Waals surface area (Å²) in [7, 11) is 1.88. The molecule has 13 heavy (non-hydrogen) atoms. The van der Waals surface area contributed by atoms with E-state index in [-0.39, 0.29) is 7.43 Å². The Hall–Kier alpha value is -1.09. The molecular weight excluding hydrogens is 162 g/mol. The van der Waals surface area contributed by atoms with Crippen molar-refractivity contribution in [2.45, 2.75) is 27.3 Å². The van der Waals surface area contributed by atoms with Gasteiger partial charge in [0, 0.05) is 19.8 Å². The van der Waals surface area contributed by atoms with E-state index in [9.17, 15) is 0 Å². The molecule has 0 aliphatic carbocycles. The van der Waals surface area contributed by atoms with E-state index in [1.54, 1.807) is 0 Å². The number of rotatable bonds is 3. The van der Waals surface area contributed by atoms with E-state index in [1.165, 1.54) is 5.56 Å². The van der Waals surface area contributed by atoms with Crippen LogP contribution in [-0.4, -0.2) is 12.0 Å². The van der Waals surface area contributed by atoms with Crippen molar-refractivity contribution >= 4 is 5.82 Å². The lowest BCUT2D eigenvalue weighted by Crippen LogP contribution is -2.02. The first-order valence-corrected chi connectivity index (χ1v) is 4.17. The van der Waals surface area contributed by atoms with E-state index >= 15 is 0 Å². The first kappa shape index (κ1) is 11.9. The van der Waals surface area contributed by atoms with E-state index in [2.05, 4.69) is 23.3 Å². The molecule has 1 rings (SSSR count). The van der Waals surface area contributed by atoms with Gasteiger partial charge in [0.25, 0.3) is 0 Å². The second-order valence-corrected chi connectivity index (χ2v) is 2.66. The van der Waals surface area contributed by atoms with Gasteiger partial charge >= 0.3 is 0 Å².